The van der Waals surface area contributed by atoms with Gasteiger partial charge in [0.05, 0.1) is 0 Å². The minimum Gasteiger partial charge on any atom is -0.331 e. The largest absolute Gasteiger partial charge is 0.331 e. The summed E-state index contributed by atoms with van der Waals surface area (Å²) in [6.07, 6.45) is 5.16. The zero-order valence-electron chi connectivity index (χ0n) is 5.81. The number of hydrogen-bond acceptors (Lipinski definition) is 1. The fourth-order valence-electron chi connectivity index (χ4n) is 0.606. The topological polar surface area (TPSA) is 3.24 Å². The van der Waals surface area contributed by atoms with E-state index in [9.17, 15) is 0 Å². The molecule has 0 aliphatic heterocycles. The van der Waals surface area contributed by atoms with E-state index in [4.69, 9.17) is 6.42 Å². The van der Waals surface area contributed by atoms with Crippen molar-refractivity contribution in [3.63, 3.8) is 0 Å². The van der Waals surface area contributed by atoms with E-state index < -0.39 is 0 Å². The third-order valence-corrected chi connectivity index (χ3v) is 1.13. The molecule has 0 saturated carbocycles. The first-order valence-electron chi connectivity index (χ1n) is 2.95. The van der Waals surface area contributed by atoms with Crippen molar-refractivity contribution in [2.45, 2.75) is 26.8 Å². The van der Waals surface area contributed by atoms with Crippen molar-refractivity contribution < 1.29 is 0 Å². The molecule has 0 amide bonds. The summed E-state index contributed by atoms with van der Waals surface area (Å²) in [4.78, 5) is 1.94. The normalized spacial score (nSPS) is 8.88. The summed E-state index contributed by atoms with van der Waals surface area (Å²) < 4.78 is 0. The first-order valence-corrected chi connectivity index (χ1v) is 2.95. The Bertz CT molecular complexity index is 89.1. The molecule has 1 nitrogen and oxygen atoms in total. The first-order chi connectivity index (χ1) is 3.72. The molecule has 46 valence electrons. The van der Waals surface area contributed by atoms with Gasteiger partial charge in [-0.1, -0.05) is 6.42 Å². The van der Waals surface area contributed by atoms with E-state index in [1.165, 1.54) is 0 Å². The summed E-state index contributed by atoms with van der Waals surface area (Å²) in [6.45, 7) is 7.17. The molecule has 0 aromatic heterocycles. The maximum absolute atomic E-state index is 5.16. The molecular formula is C7H13N. The lowest BCUT2D eigenvalue weighted by Gasteiger charge is -2.18. The minimum absolute atomic E-state index is 0.477. The average molecular weight is 111 g/mol. The van der Waals surface area contributed by atoms with Crippen molar-refractivity contribution in [3.05, 3.63) is 0 Å². The Morgan fingerprint density at radius 2 is 2.12 bits per heavy atom. The summed E-state index contributed by atoms with van der Waals surface area (Å²) in [5.74, 6) is 0. The highest BCUT2D eigenvalue weighted by atomic mass is 15.1. The predicted octanol–water partition coefficient (Wildman–Crippen LogP) is 1.31. The van der Waals surface area contributed by atoms with Gasteiger partial charge in [0.2, 0.25) is 0 Å². The van der Waals surface area contributed by atoms with Crippen molar-refractivity contribution in [3.8, 4) is 12.5 Å². The molecule has 0 radical (unpaired) electrons. The Morgan fingerprint density at radius 1 is 1.62 bits per heavy atom. The van der Waals surface area contributed by atoms with Gasteiger partial charge in [-0.2, -0.15) is 0 Å². The average Bonchev–Trinajstić information content (AvgIpc) is 1.69. The molecule has 0 N–H and O–H groups in total. The molecule has 0 spiro atoms. The Hall–Kier alpha value is -0.640. The molecule has 0 bridgehead atoms. The zero-order chi connectivity index (χ0) is 6.57. The van der Waals surface area contributed by atoms with E-state index in [0.29, 0.717) is 6.04 Å². The van der Waals surface area contributed by atoms with E-state index in [2.05, 4.69) is 26.8 Å². The molecule has 0 fully saturated rings. The van der Waals surface area contributed by atoms with Crippen LogP contribution >= 0.6 is 0 Å². The maximum Gasteiger partial charge on any atom is 0.0314 e. The van der Waals surface area contributed by atoms with Crippen LogP contribution in [-0.4, -0.2) is 17.5 Å². The van der Waals surface area contributed by atoms with Gasteiger partial charge in [-0.05, 0) is 20.8 Å². The van der Waals surface area contributed by atoms with Crippen molar-refractivity contribution in [2.75, 3.05) is 6.54 Å². The molecule has 0 aliphatic carbocycles. The summed E-state index contributed by atoms with van der Waals surface area (Å²) in [5, 5.41) is 0. The second-order valence-electron chi connectivity index (χ2n) is 2.01. The standard InChI is InChI=1S/C7H13N/c1-5-8(6-2)7(3)4/h1,7H,6H2,2-4H3. The Morgan fingerprint density at radius 3 is 2.12 bits per heavy atom. The molecule has 8 heavy (non-hydrogen) atoms. The number of nitrogens with zero attached hydrogens (tertiary/aromatic N) is 1. The molecule has 0 saturated heterocycles. The summed E-state index contributed by atoms with van der Waals surface area (Å²) in [7, 11) is 0. The highest BCUT2D eigenvalue weighted by molar-refractivity contribution is 4.85. The molecule has 0 aromatic carbocycles. The van der Waals surface area contributed by atoms with Crippen molar-refractivity contribution in [1.82, 2.24) is 4.90 Å². The van der Waals surface area contributed by atoms with Crippen LogP contribution in [0.2, 0.25) is 0 Å². The summed E-state index contributed by atoms with van der Waals surface area (Å²) in [5.41, 5.74) is 0. The monoisotopic (exact) mass is 111 g/mol. The fourth-order valence-corrected chi connectivity index (χ4v) is 0.606. The lowest BCUT2D eigenvalue weighted by molar-refractivity contribution is 0.348. The molecular weight excluding hydrogens is 98.1 g/mol. The van der Waals surface area contributed by atoms with E-state index in [-0.39, 0.29) is 0 Å². The van der Waals surface area contributed by atoms with Gasteiger partial charge in [-0.15, -0.1) is 0 Å². The molecule has 0 heterocycles. The third-order valence-electron chi connectivity index (χ3n) is 1.13. The SMILES string of the molecule is C#CN(CC)C(C)C. The number of terminal acetylenes is 1. The van der Waals surface area contributed by atoms with Crippen LogP contribution in [0.15, 0.2) is 0 Å². The summed E-state index contributed by atoms with van der Waals surface area (Å²) in [6, 6.07) is 3.06. The lowest BCUT2D eigenvalue weighted by Crippen LogP contribution is -2.24. The summed E-state index contributed by atoms with van der Waals surface area (Å²) >= 11 is 0. The molecule has 0 atom stereocenters. The van der Waals surface area contributed by atoms with Gasteiger partial charge in [0.1, 0.15) is 0 Å². The second-order valence-corrected chi connectivity index (χ2v) is 2.01. The van der Waals surface area contributed by atoms with Crippen LogP contribution in [0.5, 0.6) is 0 Å². The maximum atomic E-state index is 5.16. The molecule has 0 aromatic rings. The van der Waals surface area contributed by atoms with Gasteiger partial charge in [0, 0.05) is 18.6 Å². The first kappa shape index (κ1) is 7.36. The van der Waals surface area contributed by atoms with Gasteiger partial charge in [-0.3, -0.25) is 0 Å². The van der Waals surface area contributed by atoms with Crippen molar-refractivity contribution in [2.24, 2.45) is 0 Å². The Kier molecular flexibility index (Phi) is 3.10. The lowest BCUT2D eigenvalue weighted by atomic mass is 10.3. The Balaban J connectivity index is 3.57. The van der Waals surface area contributed by atoms with Crippen LogP contribution in [-0.2, 0) is 0 Å². The highest BCUT2D eigenvalue weighted by Gasteiger charge is 1.97. The predicted molar refractivity (Wildman–Crippen MR) is 36.3 cm³/mol. The smallest absolute Gasteiger partial charge is 0.0314 e. The second kappa shape index (κ2) is 3.37. The van der Waals surface area contributed by atoms with Crippen LogP contribution < -0.4 is 0 Å². The van der Waals surface area contributed by atoms with Gasteiger partial charge in [-0.25, -0.2) is 0 Å². The molecule has 1 heteroatoms. The van der Waals surface area contributed by atoms with Crippen molar-refractivity contribution in [1.29, 1.82) is 0 Å². The Labute approximate surface area is 51.7 Å². The molecule has 0 aliphatic rings. The fraction of sp³-hybridized carbons (Fsp3) is 0.714. The van der Waals surface area contributed by atoms with Crippen LogP contribution in [0.4, 0.5) is 0 Å². The van der Waals surface area contributed by atoms with Crippen LogP contribution in [0, 0.1) is 12.5 Å². The highest BCUT2D eigenvalue weighted by Crippen LogP contribution is 1.92. The molecule has 0 rings (SSSR count). The number of hydrogen-bond donors (Lipinski definition) is 0. The van der Waals surface area contributed by atoms with E-state index >= 15 is 0 Å². The van der Waals surface area contributed by atoms with Crippen LogP contribution in [0.1, 0.15) is 20.8 Å². The van der Waals surface area contributed by atoms with E-state index in [1.807, 2.05) is 4.90 Å². The van der Waals surface area contributed by atoms with E-state index in [0.717, 1.165) is 6.54 Å². The minimum atomic E-state index is 0.477. The van der Waals surface area contributed by atoms with Gasteiger partial charge in [0.25, 0.3) is 0 Å². The van der Waals surface area contributed by atoms with Crippen molar-refractivity contribution >= 4 is 0 Å². The van der Waals surface area contributed by atoms with Gasteiger partial charge >= 0.3 is 0 Å². The van der Waals surface area contributed by atoms with Crippen LogP contribution in [0.3, 0.4) is 0 Å². The van der Waals surface area contributed by atoms with Gasteiger partial charge < -0.3 is 4.90 Å². The molecule has 0 unspecified atom stereocenters. The quantitative estimate of drug-likeness (QED) is 0.383. The van der Waals surface area contributed by atoms with Gasteiger partial charge in [0.15, 0.2) is 0 Å². The zero-order valence-corrected chi connectivity index (χ0v) is 5.81. The third kappa shape index (κ3) is 1.88. The van der Waals surface area contributed by atoms with Crippen LogP contribution in [0.25, 0.3) is 0 Å². The van der Waals surface area contributed by atoms with E-state index in [1.54, 1.807) is 0 Å². The number of rotatable bonds is 2.